The molecule has 0 fully saturated rings. The van der Waals surface area contributed by atoms with E-state index in [1.807, 2.05) is 0 Å². The Hall–Kier alpha value is -0.770. The predicted octanol–water partition coefficient (Wildman–Crippen LogP) is -0.659. The molecule has 4 N–H and O–H groups in total. The molecule has 0 aromatic heterocycles. The average Bonchev–Trinajstić information content (AvgIpc) is 1.84. The van der Waals surface area contributed by atoms with Gasteiger partial charge in [0.05, 0.1) is 6.04 Å². The van der Waals surface area contributed by atoms with E-state index in [0.29, 0.717) is 0 Å². The number of hydrogen-bond donors (Lipinski definition) is 3. The van der Waals surface area contributed by atoms with E-state index in [1.54, 1.807) is 14.0 Å². The minimum atomic E-state index is -0.0556. The molecule has 0 radical (unpaired) electrons. The van der Waals surface area contributed by atoms with E-state index in [0.717, 1.165) is 0 Å². The summed E-state index contributed by atoms with van der Waals surface area (Å²) in [5.41, 5.74) is 5.16. The van der Waals surface area contributed by atoms with Crippen LogP contribution in [0.25, 0.3) is 0 Å². The van der Waals surface area contributed by atoms with Crippen molar-refractivity contribution < 1.29 is 5.21 Å². The molecule has 0 saturated carbocycles. The van der Waals surface area contributed by atoms with Crippen molar-refractivity contribution in [3.05, 3.63) is 0 Å². The fourth-order valence-electron chi connectivity index (χ4n) is 0.234. The molecule has 0 aromatic carbocycles. The molecule has 1 atom stereocenters. The second-order valence-electron chi connectivity index (χ2n) is 1.54. The highest BCUT2D eigenvalue weighted by Gasteiger charge is 2.00. The smallest absolute Gasteiger partial charge is 0.156 e. The summed E-state index contributed by atoms with van der Waals surface area (Å²) >= 11 is 0. The number of hydrogen-bond acceptors (Lipinski definition) is 3. The second-order valence-corrected chi connectivity index (χ2v) is 1.54. The summed E-state index contributed by atoms with van der Waals surface area (Å²) in [6.07, 6.45) is 0. The van der Waals surface area contributed by atoms with Crippen molar-refractivity contribution in [1.82, 2.24) is 5.32 Å². The lowest BCUT2D eigenvalue weighted by Gasteiger charge is -2.05. The van der Waals surface area contributed by atoms with E-state index in [2.05, 4.69) is 10.5 Å². The minimum Gasteiger partial charge on any atom is -0.409 e. The maximum atomic E-state index is 8.06. The lowest BCUT2D eigenvalue weighted by Crippen LogP contribution is -2.36. The summed E-state index contributed by atoms with van der Waals surface area (Å²) < 4.78 is 0. The third-order valence-corrected chi connectivity index (χ3v) is 0.992. The van der Waals surface area contributed by atoms with Crippen LogP contribution in [0.5, 0.6) is 0 Å². The summed E-state index contributed by atoms with van der Waals surface area (Å²) in [6, 6.07) is -0.0556. The lowest BCUT2D eigenvalue weighted by molar-refractivity contribution is 0.315. The van der Waals surface area contributed by atoms with Crippen LogP contribution < -0.4 is 11.1 Å². The Morgan fingerprint density at radius 1 is 1.88 bits per heavy atom. The van der Waals surface area contributed by atoms with Crippen LogP contribution in [-0.2, 0) is 0 Å². The van der Waals surface area contributed by atoms with Crippen LogP contribution in [0.4, 0.5) is 0 Å². The summed E-state index contributed by atoms with van der Waals surface area (Å²) in [5, 5.41) is 13.7. The summed E-state index contributed by atoms with van der Waals surface area (Å²) in [4.78, 5) is 0. The Morgan fingerprint density at radius 2 is 2.38 bits per heavy atom. The maximum Gasteiger partial charge on any atom is 0.156 e. The van der Waals surface area contributed by atoms with E-state index >= 15 is 0 Å². The highest BCUT2D eigenvalue weighted by molar-refractivity contribution is 5.84. The molecule has 0 spiro atoms. The average molecular weight is 117 g/mol. The van der Waals surface area contributed by atoms with Crippen LogP contribution in [0.2, 0.25) is 0 Å². The van der Waals surface area contributed by atoms with Crippen molar-refractivity contribution in [3.63, 3.8) is 0 Å². The Bertz CT molecular complexity index is 91.3. The molecule has 8 heavy (non-hydrogen) atoms. The molecule has 0 aliphatic carbocycles. The van der Waals surface area contributed by atoms with E-state index in [9.17, 15) is 0 Å². The SMILES string of the molecule is CNC(C)/C(N)=N/O. The molecule has 0 aliphatic heterocycles. The fraction of sp³-hybridized carbons (Fsp3) is 0.750. The van der Waals surface area contributed by atoms with Crippen LogP contribution in [0.15, 0.2) is 5.16 Å². The fourth-order valence-corrected chi connectivity index (χ4v) is 0.234. The second kappa shape index (κ2) is 3.26. The number of oxime groups is 1. The minimum absolute atomic E-state index is 0.0556. The number of rotatable bonds is 2. The van der Waals surface area contributed by atoms with Crippen molar-refractivity contribution in [3.8, 4) is 0 Å². The summed E-state index contributed by atoms with van der Waals surface area (Å²) in [6.45, 7) is 1.80. The van der Waals surface area contributed by atoms with Gasteiger partial charge < -0.3 is 16.3 Å². The van der Waals surface area contributed by atoms with Crippen LogP contribution in [-0.4, -0.2) is 24.1 Å². The molecule has 0 bridgehead atoms. The largest absolute Gasteiger partial charge is 0.409 e. The summed E-state index contributed by atoms with van der Waals surface area (Å²) in [5.74, 6) is 0.201. The normalized spacial score (nSPS) is 16.0. The first-order chi connectivity index (χ1) is 3.72. The molecule has 0 heterocycles. The highest BCUT2D eigenvalue weighted by Crippen LogP contribution is 1.76. The lowest BCUT2D eigenvalue weighted by atomic mass is 10.3. The van der Waals surface area contributed by atoms with E-state index in [4.69, 9.17) is 10.9 Å². The van der Waals surface area contributed by atoms with Crippen LogP contribution in [0, 0.1) is 0 Å². The number of nitrogens with two attached hydrogens (primary N) is 1. The topological polar surface area (TPSA) is 70.6 Å². The number of nitrogens with zero attached hydrogens (tertiary/aromatic N) is 1. The Kier molecular flexibility index (Phi) is 2.95. The predicted molar refractivity (Wildman–Crippen MR) is 31.9 cm³/mol. The van der Waals surface area contributed by atoms with Gasteiger partial charge in [-0.25, -0.2) is 0 Å². The standard InChI is InChI=1S/C4H11N3O/c1-3(6-2)4(5)7-8/h3,6,8H,1-2H3,(H2,5,7). The quantitative estimate of drug-likeness (QED) is 0.194. The first kappa shape index (κ1) is 7.23. The molecule has 0 amide bonds. The Labute approximate surface area is 48.4 Å². The first-order valence-corrected chi connectivity index (χ1v) is 2.37. The van der Waals surface area contributed by atoms with Gasteiger partial charge in [0.15, 0.2) is 5.84 Å². The molecule has 4 heteroatoms. The molecule has 0 aliphatic rings. The zero-order valence-electron chi connectivity index (χ0n) is 5.05. The van der Waals surface area contributed by atoms with Crippen LogP contribution >= 0.6 is 0 Å². The van der Waals surface area contributed by atoms with Crippen molar-refractivity contribution >= 4 is 5.84 Å². The zero-order valence-corrected chi connectivity index (χ0v) is 5.05. The van der Waals surface area contributed by atoms with Gasteiger partial charge in [-0.3, -0.25) is 0 Å². The van der Waals surface area contributed by atoms with Gasteiger partial charge in [-0.15, -0.1) is 0 Å². The molecule has 48 valence electrons. The van der Waals surface area contributed by atoms with Gasteiger partial charge in [-0.1, -0.05) is 5.16 Å². The van der Waals surface area contributed by atoms with E-state index in [1.165, 1.54) is 0 Å². The molecule has 4 nitrogen and oxygen atoms in total. The molecule has 1 unspecified atom stereocenters. The number of likely N-dealkylation sites (N-methyl/N-ethyl adjacent to an activating group) is 1. The van der Waals surface area contributed by atoms with Gasteiger partial charge in [0.25, 0.3) is 0 Å². The Morgan fingerprint density at radius 3 is 2.50 bits per heavy atom. The zero-order chi connectivity index (χ0) is 6.57. The van der Waals surface area contributed by atoms with Gasteiger partial charge >= 0.3 is 0 Å². The molecule has 0 saturated heterocycles. The third-order valence-electron chi connectivity index (χ3n) is 0.992. The molecular formula is C4H11N3O. The molecule has 0 aromatic rings. The number of amidine groups is 1. The van der Waals surface area contributed by atoms with Crippen LogP contribution in [0.3, 0.4) is 0 Å². The van der Waals surface area contributed by atoms with Gasteiger partial charge in [-0.05, 0) is 14.0 Å². The van der Waals surface area contributed by atoms with Gasteiger partial charge in [0, 0.05) is 0 Å². The van der Waals surface area contributed by atoms with Crippen molar-refractivity contribution in [2.45, 2.75) is 13.0 Å². The maximum absolute atomic E-state index is 8.06. The van der Waals surface area contributed by atoms with E-state index < -0.39 is 0 Å². The van der Waals surface area contributed by atoms with Gasteiger partial charge in [-0.2, -0.15) is 0 Å². The monoisotopic (exact) mass is 117 g/mol. The van der Waals surface area contributed by atoms with Crippen molar-refractivity contribution in [1.29, 1.82) is 0 Å². The summed E-state index contributed by atoms with van der Waals surface area (Å²) in [7, 11) is 1.74. The van der Waals surface area contributed by atoms with Crippen LogP contribution in [0.1, 0.15) is 6.92 Å². The Balaban J connectivity index is 3.63. The highest BCUT2D eigenvalue weighted by atomic mass is 16.4. The van der Waals surface area contributed by atoms with E-state index in [-0.39, 0.29) is 11.9 Å². The van der Waals surface area contributed by atoms with Gasteiger partial charge in [0.1, 0.15) is 0 Å². The van der Waals surface area contributed by atoms with Gasteiger partial charge in [0.2, 0.25) is 0 Å². The molecular weight excluding hydrogens is 106 g/mol. The van der Waals surface area contributed by atoms with Crippen molar-refractivity contribution in [2.24, 2.45) is 10.9 Å². The third kappa shape index (κ3) is 1.79. The number of nitrogens with one attached hydrogen (secondary N) is 1. The van der Waals surface area contributed by atoms with Crippen molar-refractivity contribution in [2.75, 3.05) is 7.05 Å². The first-order valence-electron chi connectivity index (χ1n) is 2.37. The molecule has 0 rings (SSSR count).